The second kappa shape index (κ2) is 12.2. The number of amides is 3. The van der Waals surface area contributed by atoms with Crippen molar-refractivity contribution in [2.24, 2.45) is 5.92 Å². The van der Waals surface area contributed by atoms with Gasteiger partial charge in [0.25, 0.3) is 0 Å². The molecule has 10 nitrogen and oxygen atoms in total. The normalized spacial score (nSPS) is 19.6. The lowest BCUT2D eigenvalue weighted by molar-refractivity contribution is -0.142. The van der Waals surface area contributed by atoms with Crippen molar-refractivity contribution in [1.29, 1.82) is 5.41 Å². The molecule has 0 radical (unpaired) electrons. The largest absolute Gasteiger partial charge is 0.481 e. The number of alkyl carbamates (subject to hydrolysis) is 1. The van der Waals surface area contributed by atoms with E-state index in [9.17, 15) is 14.4 Å². The van der Waals surface area contributed by atoms with Gasteiger partial charge in [-0.2, -0.15) is 0 Å². The van der Waals surface area contributed by atoms with E-state index in [0.717, 1.165) is 11.3 Å². The monoisotopic (exact) mass is 507 g/mol. The quantitative estimate of drug-likeness (QED) is 0.350. The van der Waals surface area contributed by atoms with E-state index in [1.807, 2.05) is 42.5 Å². The van der Waals surface area contributed by atoms with Gasteiger partial charge in [-0.1, -0.05) is 30.3 Å². The van der Waals surface area contributed by atoms with Gasteiger partial charge in [-0.25, -0.2) is 9.59 Å². The Bertz CT molecular complexity index is 1090. The SMILES string of the molecule is N=C(NC(=O)OCc1ccccc1)c1ccc(N2CCN(C(=O)N[C@H]3CC[C@H](C(=O)O)CC3)CC2)cc1. The maximum atomic E-state index is 12.7. The molecule has 0 spiro atoms. The summed E-state index contributed by atoms with van der Waals surface area (Å²) in [6.07, 6.45) is 1.92. The number of amidine groups is 1. The third-order valence-corrected chi connectivity index (χ3v) is 6.93. The summed E-state index contributed by atoms with van der Waals surface area (Å²) in [5.74, 6) is -1.08. The van der Waals surface area contributed by atoms with Crippen LogP contribution in [0.4, 0.5) is 15.3 Å². The van der Waals surface area contributed by atoms with Gasteiger partial charge >= 0.3 is 18.1 Å². The molecular weight excluding hydrogens is 474 g/mol. The van der Waals surface area contributed by atoms with Crippen LogP contribution in [0.2, 0.25) is 0 Å². The summed E-state index contributed by atoms with van der Waals surface area (Å²) in [5, 5.41) is 22.8. The summed E-state index contributed by atoms with van der Waals surface area (Å²) >= 11 is 0. The van der Waals surface area contributed by atoms with E-state index < -0.39 is 12.1 Å². The molecule has 1 aliphatic carbocycles. The van der Waals surface area contributed by atoms with Crippen LogP contribution in [-0.2, 0) is 16.1 Å². The van der Waals surface area contributed by atoms with Crippen molar-refractivity contribution in [3.05, 3.63) is 65.7 Å². The van der Waals surface area contributed by atoms with Crippen LogP contribution in [0, 0.1) is 11.3 Å². The molecule has 37 heavy (non-hydrogen) atoms. The average Bonchev–Trinajstić information content (AvgIpc) is 2.93. The van der Waals surface area contributed by atoms with Crippen LogP contribution < -0.4 is 15.5 Å². The highest BCUT2D eigenvalue weighted by molar-refractivity contribution is 6.04. The van der Waals surface area contributed by atoms with Crippen molar-refractivity contribution >= 4 is 29.6 Å². The Morgan fingerprint density at radius 1 is 0.919 bits per heavy atom. The van der Waals surface area contributed by atoms with Gasteiger partial charge in [0.2, 0.25) is 0 Å². The average molecular weight is 508 g/mol. The molecule has 0 unspecified atom stereocenters. The lowest BCUT2D eigenvalue weighted by Crippen LogP contribution is -2.54. The number of carboxylic acid groups (broad SMARTS) is 1. The number of urea groups is 1. The summed E-state index contributed by atoms with van der Waals surface area (Å²) in [7, 11) is 0. The molecule has 1 saturated carbocycles. The van der Waals surface area contributed by atoms with Crippen molar-refractivity contribution in [3.63, 3.8) is 0 Å². The molecule has 0 bridgehead atoms. The number of hydrogen-bond acceptors (Lipinski definition) is 6. The molecule has 4 rings (SSSR count). The molecule has 2 aliphatic rings. The van der Waals surface area contributed by atoms with Crippen LogP contribution >= 0.6 is 0 Å². The molecule has 2 aromatic rings. The first-order valence-electron chi connectivity index (χ1n) is 12.6. The van der Waals surface area contributed by atoms with E-state index in [0.29, 0.717) is 57.4 Å². The smallest absolute Gasteiger partial charge is 0.413 e. The first-order chi connectivity index (χ1) is 17.9. The highest BCUT2D eigenvalue weighted by Crippen LogP contribution is 2.25. The number of carboxylic acids is 1. The second-order valence-electron chi connectivity index (χ2n) is 9.42. The Hall–Kier alpha value is -4.08. The summed E-state index contributed by atoms with van der Waals surface area (Å²) in [4.78, 5) is 39.8. The Morgan fingerprint density at radius 3 is 2.19 bits per heavy atom. The molecule has 3 amide bonds. The minimum atomic E-state index is -0.747. The fourth-order valence-electron chi connectivity index (χ4n) is 4.69. The van der Waals surface area contributed by atoms with Crippen molar-refractivity contribution in [1.82, 2.24) is 15.5 Å². The number of carbonyl (C=O) groups is 3. The Balaban J connectivity index is 1.19. The molecular formula is C27H33N5O5. The van der Waals surface area contributed by atoms with E-state index in [1.54, 1.807) is 17.0 Å². The number of piperazine rings is 1. The van der Waals surface area contributed by atoms with Gasteiger partial charge in [-0.3, -0.25) is 15.5 Å². The van der Waals surface area contributed by atoms with Crippen LogP contribution in [0.1, 0.15) is 36.8 Å². The Labute approximate surface area is 216 Å². The minimum absolute atomic E-state index is 0.0354. The van der Waals surface area contributed by atoms with Crippen LogP contribution in [0.3, 0.4) is 0 Å². The number of anilines is 1. The number of hydrogen-bond donors (Lipinski definition) is 4. The summed E-state index contributed by atoms with van der Waals surface area (Å²) < 4.78 is 5.17. The topological polar surface area (TPSA) is 135 Å². The van der Waals surface area contributed by atoms with Gasteiger partial charge in [-0.05, 0) is 55.5 Å². The minimum Gasteiger partial charge on any atom is -0.481 e. The number of rotatable bonds is 6. The fraction of sp³-hybridized carbons (Fsp3) is 0.407. The molecule has 1 aliphatic heterocycles. The lowest BCUT2D eigenvalue weighted by atomic mass is 9.86. The van der Waals surface area contributed by atoms with E-state index in [-0.39, 0.29) is 30.4 Å². The van der Waals surface area contributed by atoms with Crippen LogP contribution in [0.5, 0.6) is 0 Å². The van der Waals surface area contributed by atoms with Gasteiger partial charge in [0.05, 0.1) is 5.92 Å². The highest BCUT2D eigenvalue weighted by Gasteiger charge is 2.28. The van der Waals surface area contributed by atoms with Crippen LogP contribution in [0.25, 0.3) is 0 Å². The summed E-state index contributed by atoms with van der Waals surface area (Å²) in [6, 6.07) is 16.6. The molecule has 196 valence electrons. The second-order valence-corrected chi connectivity index (χ2v) is 9.42. The number of nitrogens with one attached hydrogen (secondary N) is 3. The summed E-state index contributed by atoms with van der Waals surface area (Å²) in [6.45, 7) is 2.67. The molecule has 4 N–H and O–H groups in total. The van der Waals surface area contributed by atoms with Crippen LogP contribution in [-0.4, -0.2) is 66.2 Å². The highest BCUT2D eigenvalue weighted by atomic mass is 16.5. The zero-order chi connectivity index (χ0) is 26.2. The van der Waals surface area contributed by atoms with Crippen molar-refractivity contribution < 1.29 is 24.2 Å². The Morgan fingerprint density at radius 2 is 1.57 bits per heavy atom. The van der Waals surface area contributed by atoms with Crippen molar-refractivity contribution in [2.45, 2.75) is 38.3 Å². The lowest BCUT2D eigenvalue weighted by Gasteiger charge is -2.37. The number of aliphatic carboxylic acids is 1. The van der Waals surface area contributed by atoms with Gasteiger partial charge in [0, 0.05) is 43.5 Å². The van der Waals surface area contributed by atoms with E-state index in [2.05, 4.69) is 15.5 Å². The van der Waals surface area contributed by atoms with Gasteiger partial charge in [-0.15, -0.1) is 0 Å². The number of benzene rings is 2. The van der Waals surface area contributed by atoms with Gasteiger partial charge < -0.3 is 25.0 Å². The molecule has 2 fully saturated rings. The van der Waals surface area contributed by atoms with E-state index >= 15 is 0 Å². The first-order valence-corrected chi connectivity index (χ1v) is 12.6. The maximum Gasteiger partial charge on any atom is 0.413 e. The third-order valence-electron chi connectivity index (χ3n) is 6.93. The third kappa shape index (κ3) is 7.22. The molecule has 10 heteroatoms. The standard InChI is InChI=1S/C27H33N5O5/c28-24(30-27(36)37-18-19-4-2-1-3-5-19)20-8-12-23(13-9-20)31-14-16-32(17-15-31)26(35)29-22-10-6-21(7-11-22)25(33)34/h1-5,8-9,12-13,21-22H,6-7,10-11,14-18H2,(H,29,35)(H,33,34)(H2,28,30,36)/t21-,22-. The number of nitrogens with zero attached hydrogens (tertiary/aromatic N) is 2. The van der Waals surface area contributed by atoms with Crippen molar-refractivity contribution in [2.75, 3.05) is 31.1 Å². The van der Waals surface area contributed by atoms with Crippen molar-refractivity contribution in [3.8, 4) is 0 Å². The zero-order valence-corrected chi connectivity index (χ0v) is 20.7. The van der Waals surface area contributed by atoms with Gasteiger partial charge in [0.1, 0.15) is 12.4 Å². The van der Waals surface area contributed by atoms with E-state index in [4.69, 9.17) is 15.3 Å². The van der Waals surface area contributed by atoms with Gasteiger partial charge in [0.15, 0.2) is 0 Å². The van der Waals surface area contributed by atoms with E-state index in [1.165, 1.54) is 0 Å². The molecule has 1 heterocycles. The van der Waals surface area contributed by atoms with Crippen LogP contribution in [0.15, 0.2) is 54.6 Å². The molecule has 0 atom stereocenters. The predicted octanol–water partition coefficient (Wildman–Crippen LogP) is 3.41. The zero-order valence-electron chi connectivity index (χ0n) is 20.7. The number of carbonyl (C=O) groups excluding carboxylic acids is 2. The Kier molecular flexibility index (Phi) is 8.60. The molecule has 2 aromatic carbocycles. The molecule has 0 aromatic heterocycles. The summed E-state index contributed by atoms with van der Waals surface area (Å²) in [5.41, 5.74) is 2.42. The maximum absolute atomic E-state index is 12.7. The number of ether oxygens (including phenoxy) is 1. The first kappa shape index (κ1) is 26.0. The predicted molar refractivity (Wildman–Crippen MR) is 139 cm³/mol. The molecule has 1 saturated heterocycles. The fourth-order valence-corrected chi connectivity index (χ4v) is 4.69.